The van der Waals surface area contributed by atoms with Crippen LogP contribution < -0.4 is 10.6 Å². The number of fused-ring (bicyclic) bond motifs is 2. The summed E-state index contributed by atoms with van der Waals surface area (Å²) in [6.07, 6.45) is -4.50. The van der Waals surface area contributed by atoms with Crippen LogP contribution in [0.2, 0.25) is 0 Å². The number of phosphoric acid groups is 1. The number of phosphoric ester groups is 1. The van der Waals surface area contributed by atoms with Gasteiger partial charge >= 0.3 is 7.82 Å². The van der Waals surface area contributed by atoms with Gasteiger partial charge in [0.05, 0.1) is 42.9 Å². The van der Waals surface area contributed by atoms with Crippen LogP contribution in [0.25, 0.3) is 0 Å². The molecular weight excluding hydrogens is 537 g/mol. The van der Waals surface area contributed by atoms with Crippen LogP contribution in [0.1, 0.15) is 51.0 Å². The first-order chi connectivity index (χ1) is 18.3. The molecule has 0 bridgehead atoms. The summed E-state index contributed by atoms with van der Waals surface area (Å²) >= 11 is 0. The number of hydrogen-bond acceptors (Lipinski definition) is 11. The molecule has 1 aliphatic carbocycles. The van der Waals surface area contributed by atoms with Crippen LogP contribution in [-0.4, -0.2) is 97.7 Å². The number of aliphatic hydroxyl groups excluding tert-OH is 2. The molecule has 39 heavy (non-hydrogen) atoms. The molecule has 3 fully saturated rings. The van der Waals surface area contributed by atoms with Crippen molar-refractivity contribution < 1.29 is 53.2 Å². The van der Waals surface area contributed by atoms with E-state index in [2.05, 4.69) is 20.1 Å². The minimum atomic E-state index is -4.67. The second kappa shape index (κ2) is 11.7. The minimum Gasteiger partial charge on any atom is -0.391 e. The Hall–Kier alpha value is -1.55. The number of hydrogen-bond donors (Lipinski definition) is 7. The summed E-state index contributed by atoms with van der Waals surface area (Å²) in [6, 6.07) is 1.50. The molecular formula is C24H38N3O11P. The van der Waals surface area contributed by atoms with Gasteiger partial charge in [0.25, 0.3) is 0 Å². The standard InChI is InChI=1S/C24H38N3O11P/c1-5-15-19(29)18(25-4)21-22(20(15)30)36-23-24(31,37-21)16(8-11(2)35-23)27-17(28)9-14-7-6-13(10-26-14)12(3)38-39(32,33)34/h6-7,10-12,15-16,18-23,25,29-31H,5,8-9H2,1-4H3,(H,27,28)(H2,32,33,34)/t11-,12?,15-,16-,18+,19+,20+,21-,22-,23+,24+/m1/s1. The number of nitrogens with one attached hydrogen (secondary N) is 2. The van der Waals surface area contributed by atoms with Gasteiger partial charge in [-0.3, -0.25) is 14.3 Å². The first-order valence-corrected chi connectivity index (χ1v) is 14.5. The van der Waals surface area contributed by atoms with E-state index in [1.54, 1.807) is 20.0 Å². The molecule has 220 valence electrons. The van der Waals surface area contributed by atoms with Crippen molar-refractivity contribution in [3.05, 3.63) is 29.6 Å². The van der Waals surface area contributed by atoms with Crippen LogP contribution in [-0.2, 0) is 34.5 Å². The number of aliphatic hydroxyl groups is 3. The summed E-state index contributed by atoms with van der Waals surface area (Å²) in [7, 11) is -3.03. The third-order valence-electron chi connectivity index (χ3n) is 7.72. The maximum atomic E-state index is 13.0. The number of likely N-dealkylation sites (N-methyl/N-ethyl adjacent to an activating group) is 1. The van der Waals surface area contributed by atoms with Gasteiger partial charge in [-0.1, -0.05) is 13.0 Å². The molecule has 0 radical (unpaired) electrons. The number of aromatic nitrogens is 1. The van der Waals surface area contributed by atoms with E-state index in [4.69, 9.17) is 24.0 Å². The van der Waals surface area contributed by atoms with Crippen molar-refractivity contribution in [2.45, 2.75) is 101 Å². The predicted molar refractivity (Wildman–Crippen MR) is 134 cm³/mol. The highest BCUT2D eigenvalue weighted by Gasteiger charge is 2.63. The molecule has 3 aliphatic rings. The van der Waals surface area contributed by atoms with E-state index in [9.17, 15) is 24.7 Å². The van der Waals surface area contributed by atoms with Crippen molar-refractivity contribution in [3.63, 3.8) is 0 Å². The fourth-order valence-electron chi connectivity index (χ4n) is 5.70. The highest BCUT2D eigenvalue weighted by atomic mass is 31.2. The largest absolute Gasteiger partial charge is 0.470 e. The minimum absolute atomic E-state index is 0.151. The Labute approximate surface area is 226 Å². The Morgan fingerprint density at radius 3 is 2.56 bits per heavy atom. The lowest BCUT2D eigenvalue weighted by Gasteiger charge is -2.58. The van der Waals surface area contributed by atoms with Gasteiger partial charge in [-0.05, 0) is 45.4 Å². The van der Waals surface area contributed by atoms with Crippen LogP contribution in [0.15, 0.2) is 18.3 Å². The first-order valence-electron chi connectivity index (χ1n) is 13.0. The zero-order valence-corrected chi connectivity index (χ0v) is 23.1. The number of nitrogens with zero attached hydrogens (tertiary/aromatic N) is 1. The fraction of sp³-hybridized carbons (Fsp3) is 0.750. The van der Waals surface area contributed by atoms with Crippen molar-refractivity contribution in [2.75, 3.05) is 7.05 Å². The first kappa shape index (κ1) is 30.4. The molecule has 2 aliphatic heterocycles. The Kier molecular flexibility index (Phi) is 9.16. The number of pyridine rings is 1. The Morgan fingerprint density at radius 2 is 1.97 bits per heavy atom. The van der Waals surface area contributed by atoms with Crippen LogP contribution in [0.4, 0.5) is 0 Å². The van der Waals surface area contributed by atoms with Crippen LogP contribution >= 0.6 is 7.82 Å². The summed E-state index contributed by atoms with van der Waals surface area (Å²) in [5.74, 6) is -3.03. The number of ether oxygens (including phenoxy) is 3. The lowest BCUT2D eigenvalue weighted by Crippen LogP contribution is -2.77. The third kappa shape index (κ3) is 6.36. The number of rotatable bonds is 8. The van der Waals surface area contributed by atoms with Gasteiger partial charge in [0.15, 0.2) is 0 Å². The van der Waals surface area contributed by atoms with Crippen molar-refractivity contribution in [1.82, 2.24) is 15.6 Å². The van der Waals surface area contributed by atoms with Crippen molar-refractivity contribution in [3.8, 4) is 0 Å². The molecule has 1 amide bonds. The van der Waals surface area contributed by atoms with Crippen molar-refractivity contribution >= 4 is 13.7 Å². The Balaban J connectivity index is 1.47. The van der Waals surface area contributed by atoms with Gasteiger partial charge in [0, 0.05) is 17.8 Å². The number of amides is 1. The zero-order chi connectivity index (χ0) is 28.7. The van der Waals surface area contributed by atoms with Gasteiger partial charge in [-0.2, -0.15) is 0 Å². The van der Waals surface area contributed by atoms with Crippen LogP contribution in [0, 0.1) is 5.92 Å². The fourth-order valence-corrected chi connectivity index (χ4v) is 6.23. The van der Waals surface area contributed by atoms with Crippen molar-refractivity contribution in [1.29, 1.82) is 0 Å². The second-order valence-corrected chi connectivity index (χ2v) is 11.6. The summed E-state index contributed by atoms with van der Waals surface area (Å²) in [5.41, 5.74) is 0.796. The van der Waals surface area contributed by atoms with Gasteiger partial charge in [-0.25, -0.2) is 4.57 Å². The van der Waals surface area contributed by atoms with Gasteiger partial charge in [0.2, 0.25) is 18.0 Å². The van der Waals surface area contributed by atoms with E-state index in [1.165, 1.54) is 19.2 Å². The molecule has 1 unspecified atom stereocenters. The van der Waals surface area contributed by atoms with Crippen LogP contribution in [0.5, 0.6) is 0 Å². The topological polar surface area (TPSA) is 209 Å². The monoisotopic (exact) mass is 575 g/mol. The SMILES string of the molecule is CC[C@@H]1[C@H](O)[C@H](NC)[C@H]2O[C@]3(O)[C@H](O[C@@H]2[C@H]1O)O[C@H](C)C[C@H]3NC(=O)Cc1ccc(C(C)OP(=O)(O)O)cn1. The van der Waals surface area contributed by atoms with Crippen molar-refractivity contribution in [2.24, 2.45) is 5.92 Å². The van der Waals surface area contributed by atoms with E-state index in [1.807, 2.05) is 6.92 Å². The zero-order valence-electron chi connectivity index (χ0n) is 22.2. The molecule has 3 heterocycles. The van der Waals surface area contributed by atoms with E-state index < -0.39 is 80.4 Å². The lowest BCUT2D eigenvalue weighted by molar-refractivity contribution is -0.450. The third-order valence-corrected chi connectivity index (χ3v) is 8.31. The predicted octanol–water partition coefficient (Wildman–Crippen LogP) is -0.764. The lowest BCUT2D eigenvalue weighted by atomic mass is 9.74. The molecule has 14 nitrogen and oxygen atoms in total. The summed E-state index contributed by atoms with van der Waals surface area (Å²) in [6.45, 7) is 5.09. The van der Waals surface area contributed by atoms with E-state index in [-0.39, 0.29) is 12.8 Å². The highest BCUT2D eigenvalue weighted by molar-refractivity contribution is 7.46. The molecule has 2 saturated heterocycles. The number of carbonyl (C=O) groups is 1. The van der Waals surface area contributed by atoms with E-state index in [0.717, 1.165) is 0 Å². The average Bonchev–Trinajstić information content (AvgIpc) is 2.84. The molecule has 1 saturated carbocycles. The normalized spacial score (nSPS) is 39.4. The van der Waals surface area contributed by atoms with Crippen LogP contribution in [0.3, 0.4) is 0 Å². The van der Waals surface area contributed by atoms with Gasteiger partial charge in [0.1, 0.15) is 12.2 Å². The molecule has 11 atom stereocenters. The maximum Gasteiger partial charge on any atom is 0.470 e. The van der Waals surface area contributed by atoms with Gasteiger partial charge < -0.3 is 50.0 Å². The molecule has 0 spiro atoms. The smallest absolute Gasteiger partial charge is 0.391 e. The molecule has 1 aromatic rings. The maximum absolute atomic E-state index is 13.0. The molecule has 0 aromatic carbocycles. The molecule has 15 heteroatoms. The van der Waals surface area contributed by atoms with Gasteiger partial charge in [-0.15, -0.1) is 0 Å². The summed E-state index contributed by atoms with van der Waals surface area (Å²) in [5, 5.41) is 39.2. The molecule has 7 N–H and O–H groups in total. The average molecular weight is 576 g/mol. The summed E-state index contributed by atoms with van der Waals surface area (Å²) < 4.78 is 33.7. The Bertz CT molecular complexity index is 1060. The second-order valence-electron chi connectivity index (χ2n) is 10.4. The van der Waals surface area contributed by atoms with E-state index >= 15 is 0 Å². The van der Waals surface area contributed by atoms with E-state index in [0.29, 0.717) is 17.7 Å². The Morgan fingerprint density at radius 1 is 1.26 bits per heavy atom. The summed E-state index contributed by atoms with van der Waals surface area (Å²) in [4.78, 5) is 35.1. The molecule has 4 rings (SSSR count). The number of carbonyl (C=O) groups excluding carboxylic acids is 1. The molecule has 1 aromatic heterocycles. The quantitative estimate of drug-likeness (QED) is 0.190. The highest BCUT2D eigenvalue weighted by Crippen LogP contribution is 2.44.